The Morgan fingerprint density at radius 3 is 2.78 bits per heavy atom. The number of allylic oxidation sites excluding steroid dienone is 1. The van der Waals surface area contributed by atoms with E-state index in [1.54, 1.807) is 23.9 Å². The summed E-state index contributed by atoms with van der Waals surface area (Å²) in [5.74, 6) is 0.985. The first-order valence-electron chi connectivity index (χ1n) is 6.95. The molecule has 3 nitrogen and oxygen atoms in total. The van der Waals surface area contributed by atoms with Crippen LogP contribution in [-0.4, -0.2) is 36.0 Å². The number of thioether (sulfide) groups is 1. The third-order valence-electron chi connectivity index (χ3n) is 3.32. The first kappa shape index (κ1) is 20.6. The van der Waals surface area contributed by atoms with Crippen molar-refractivity contribution in [2.24, 2.45) is 0 Å². The van der Waals surface area contributed by atoms with Crippen LogP contribution in [0.15, 0.2) is 18.2 Å². The summed E-state index contributed by atoms with van der Waals surface area (Å²) in [6, 6.07) is 5.43. The number of ether oxygens (including phenoxy) is 1. The van der Waals surface area contributed by atoms with Crippen LogP contribution in [0.3, 0.4) is 0 Å². The van der Waals surface area contributed by atoms with Crippen molar-refractivity contribution in [3.63, 3.8) is 0 Å². The van der Waals surface area contributed by atoms with Gasteiger partial charge < -0.3 is 9.64 Å². The molecule has 0 aromatic heterocycles. The Bertz CT molecular complexity index is 581. The Morgan fingerprint density at radius 1 is 1.43 bits per heavy atom. The van der Waals surface area contributed by atoms with E-state index in [4.69, 9.17) is 4.74 Å². The SMILES string of the molecule is CSCOc1ccc(C2=[C-]CCC(=O)N2CC(F)F)c(C)c1.[Y]. The molecule has 0 aliphatic carbocycles. The van der Waals surface area contributed by atoms with Crippen LogP contribution in [-0.2, 0) is 37.5 Å². The molecule has 7 heteroatoms. The van der Waals surface area contributed by atoms with Crippen molar-refractivity contribution < 1.29 is 51.0 Å². The molecule has 0 saturated carbocycles. The molecular weight excluding hydrogens is 397 g/mol. The summed E-state index contributed by atoms with van der Waals surface area (Å²) in [7, 11) is 0. The first-order valence-corrected chi connectivity index (χ1v) is 8.34. The number of hydrogen-bond donors (Lipinski definition) is 0. The van der Waals surface area contributed by atoms with Gasteiger partial charge in [0.15, 0.2) is 0 Å². The van der Waals surface area contributed by atoms with Gasteiger partial charge in [-0.05, 0) is 18.4 Å². The summed E-state index contributed by atoms with van der Waals surface area (Å²) in [5, 5.41) is 0. The molecule has 0 bridgehead atoms. The van der Waals surface area contributed by atoms with Crippen LogP contribution < -0.4 is 4.74 Å². The molecule has 1 aromatic carbocycles. The number of carbonyl (C=O) groups is 1. The predicted octanol–water partition coefficient (Wildman–Crippen LogP) is 3.72. The van der Waals surface area contributed by atoms with E-state index < -0.39 is 13.0 Å². The molecule has 1 amide bonds. The quantitative estimate of drug-likeness (QED) is 0.524. The Hall–Kier alpha value is -0.456. The molecular formula is C16H18F2NO2SY-. The van der Waals surface area contributed by atoms with Crippen LogP contribution in [0.25, 0.3) is 5.70 Å². The van der Waals surface area contributed by atoms with Gasteiger partial charge in [-0.2, -0.15) is 0 Å². The third-order valence-corrected chi connectivity index (χ3v) is 3.67. The summed E-state index contributed by atoms with van der Waals surface area (Å²) in [5.41, 5.74) is 2.06. The molecule has 1 aromatic rings. The van der Waals surface area contributed by atoms with Gasteiger partial charge in [0.1, 0.15) is 11.7 Å². The molecule has 0 spiro atoms. The number of amides is 1. The number of benzene rings is 1. The second-order valence-corrected chi connectivity index (χ2v) is 5.76. The Labute approximate surface area is 164 Å². The molecule has 23 heavy (non-hydrogen) atoms. The number of rotatable bonds is 6. The maximum atomic E-state index is 12.7. The molecule has 0 unspecified atom stereocenters. The fraction of sp³-hybridized carbons (Fsp3) is 0.438. The van der Waals surface area contributed by atoms with Gasteiger partial charge in [-0.3, -0.25) is 4.79 Å². The van der Waals surface area contributed by atoms with E-state index in [0.29, 0.717) is 18.1 Å². The molecule has 2 rings (SSSR count). The summed E-state index contributed by atoms with van der Waals surface area (Å²) >= 11 is 1.57. The third kappa shape index (κ3) is 5.54. The minimum atomic E-state index is -2.57. The fourth-order valence-corrected chi connectivity index (χ4v) is 2.59. The zero-order valence-corrected chi connectivity index (χ0v) is 16.8. The number of carbonyl (C=O) groups excluding carboxylic acids is 1. The van der Waals surface area contributed by atoms with Crippen molar-refractivity contribution in [3.8, 4) is 5.75 Å². The minimum Gasteiger partial charge on any atom is -0.483 e. The molecule has 1 heterocycles. The predicted molar refractivity (Wildman–Crippen MR) is 83.8 cm³/mol. The van der Waals surface area contributed by atoms with E-state index >= 15 is 0 Å². The fourth-order valence-electron chi connectivity index (χ4n) is 2.33. The van der Waals surface area contributed by atoms with Crippen molar-refractivity contribution >= 4 is 23.4 Å². The zero-order chi connectivity index (χ0) is 16.1. The summed E-state index contributed by atoms with van der Waals surface area (Å²) in [6.45, 7) is 1.28. The first-order chi connectivity index (χ1) is 10.5. The maximum absolute atomic E-state index is 12.7. The number of hydrogen-bond acceptors (Lipinski definition) is 3. The van der Waals surface area contributed by atoms with Crippen molar-refractivity contribution in [2.75, 3.05) is 18.7 Å². The average molecular weight is 415 g/mol. The minimum absolute atomic E-state index is 0. The summed E-state index contributed by atoms with van der Waals surface area (Å²) < 4.78 is 31.0. The summed E-state index contributed by atoms with van der Waals surface area (Å²) in [6.07, 6.45) is 3.13. The van der Waals surface area contributed by atoms with Gasteiger partial charge in [0.2, 0.25) is 5.91 Å². The Morgan fingerprint density at radius 2 is 2.17 bits per heavy atom. The smallest absolute Gasteiger partial charge is 0.256 e. The van der Waals surface area contributed by atoms with Gasteiger partial charge in [-0.15, -0.1) is 41.1 Å². The second-order valence-electron chi connectivity index (χ2n) is 4.95. The monoisotopic (exact) mass is 415 g/mol. The molecule has 0 fully saturated rings. The van der Waals surface area contributed by atoms with Crippen molar-refractivity contribution in [2.45, 2.75) is 26.2 Å². The van der Waals surface area contributed by atoms with E-state index in [9.17, 15) is 13.6 Å². The Balaban J connectivity index is 0.00000264. The Kier molecular flexibility index (Phi) is 8.72. The standard InChI is InChI=1S/C16H18F2NO2S.Y/c1-11-8-12(21-10-22-2)6-7-13(11)14-4-3-5-16(20)19(14)9-15(17)18;/h6-8,15H,3,5,9-10H2,1-2H3;/q-1;. The molecule has 0 saturated heterocycles. The molecule has 1 aliphatic heterocycles. The van der Waals surface area contributed by atoms with Gasteiger partial charge in [0.25, 0.3) is 6.43 Å². The molecule has 0 N–H and O–H groups in total. The average Bonchev–Trinajstić information content (AvgIpc) is 2.47. The van der Waals surface area contributed by atoms with Crippen LogP contribution in [0, 0.1) is 13.0 Å². The molecule has 1 radical (unpaired) electrons. The van der Waals surface area contributed by atoms with E-state index in [1.165, 1.54) is 0 Å². The topological polar surface area (TPSA) is 29.5 Å². The number of halogens is 2. The molecule has 123 valence electrons. The van der Waals surface area contributed by atoms with E-state index in [0.717, 1.165) is 21.8 Å². The number of nitrogens with zero attached hydrogens (tertiary/aromatic N) is 1. The van der Waals surface area contributed by atoms with E-state index in [-0.39, 0.29) is 45.0 Å². The number of alkyl halides is 2. The maximum Gasteiger partial charge on any atom is 0.256 e. The van der Waals surface area contributed by atoms with E-state index in [1.807, 2.05) is 19.2 Å². The van der Waals surface area contributed by atoms with E-state index in [2.05, 4.69) is 6.08 Å². The van der Waals surface area contributed by atoms with Crippen LogP contribution in [0.4, 0.5) is 8.78 Å². The van der Waals surface area contributed by atoms with Crippen LogP contribution in [0.2, 0.25) is 0 Å². The van der Waals surface area contributed by atoms with Crippen LogP contribution in [0.1, 0.15) is 24.0 Å². The van der Waals surface area contributed by atoms with Crippen LogP contribution in [0.5, 0.6) is 5.75 Å². The van der Waals surface area contributed by atoms with Crippen molar-refractivity contribution in [1.82, 2.24) is 4.90 Å². The van der Waals surface area contributed by atoms with Gasteiger partial charge >= 0.3 is 0 Å². The van der Waals surface area contributed by atoms with Crippen molar-refractivity contribution in [1.29, 1.82) is 0 Å². The molecule has 0 atom stereocenters. The zero-order valence-electron chi connectivity index (χ0n) is 13.1. The summed E-state index contributed by atoms with van der Waals surface area (Å²) in [4.78, 5) is 13.1. The second kappa shape index (κ2) is 9.75. The number of aryl methyl sites for hydroxylation is 1. The van der Waals surface area contributed by atoms with Crippen molar-refractivity contribution in [3.05, 3.63) is 35.4 Å². The normalized spacial score (nSPS) is 14.6. The van der Waals surface area contributed by atoms with Gasteiger partial charge in [0, 0.05) is 39.1 Å². The van der Waals surface area contributed by atoms with Gasteiger partial charge in [-0.25, -0.2) is 14.9 Å². The van der Waals surface area contributed by atoms with Gasteiger partial charge in [0.05, 0.1) is 6.54 Å². The van der Waals surface area contributed by atoms with Crippen LogP contribution >= 0.6 is 11.8 Å². The van der Waals surface area contributed by atoms with Gasteiger partial charge in [-0.1, -0.05) is 6.92 Å². The largest absolute Gasteiger partial charge is 0.483 e. The molecule has 1 aliphatic rings.